The lowest BCUT2D eigenvalue weighted by Crippen LogP contribution is -1.99. The first kappa shape index (κ1) is 8.36. The minimum atomic E-state index is 0.632. The number of rotatable bonds is 3. The molecule has 0 radical (unpaired) electrons. The lowest BCUT2D eigenvalue weighted by Gasteiger charge is -2.00. The predicted octanol–water partition coefficient (Wildman–Crippen LogP) is 1.02. The van der Waals surface area contributed by atoms with E-state index in [9.17, 15) is 0 Å². The summed E-state index contributed by atoms with van der Waals surface area (Å²) in [7, 11) is 1.60. The Morgan fingerprint density at radius 3 is 2.91 bits per heavy atom. The summed E-state index contributed by atoms with van der Waals surface area (Å²) in [4.78, 5) is 4.02. The molecule has 0 aliphatic rings. The van der Waals surface area contributed by atoms with Gasteiger partial charge in [0.25, 0.3) is 0 Å². The highest BCUT2D eigenvalue weighted by atomic mass is 32.1. The van der Waals surface area contributed by atoms with Crippen molar-refractivity contribution in [2.24, 2.45) is 0 Å². The Balaban J connectivity index is 2.66. The van der Waals surface area contributed by atoms with E-state index in [0.717, 1.165) is 5.56 Å². The van der Waals surface area contributed by atoms with Gasteiger partial charge in [0.1, 0.15) is 0 Å². The molecule has 0 aliphatic carbocycles. The number of thiol groups is 1. The summed E-state index contributed by atoms with van der Waals surface area (Å²) >= 11 is 3.87. The summed E-state index contributed by atoms with van der Waals surface area (Å²) in [5, 5.41) is 0. The number of methoxy groups -OCH3 is 1. The number of hydrogen-bond donors (Lipinski definition) is 2. The van der Waals surface area contributed by atoms with Crippen LogP contribution in [0.5, 0.6) is 5.88 Å². The second-order valence-electron chi connectivity index (χ2n) is 2.04. The van der Waals surface area contributed by atoms with Crippen molar-refractivity contribution in [1.82, 2.24) is 9.71 Å². The van der Waals surface area contributed by atoms with Crippen LogP contribution < -0.4 is 9.46 Å². The predicted molar refractivity (Wildman–Crippen MR) is 46.6 cm³/mol. The minimum absolute atomic E-state index is 0.632. The molecule has 4 heteroatoms. The zero-order valence-corrected chi connectivity index (χ0v) is 7.14. The van der Waals surface area contributed by atoms with Crippen LogP contribution in [0.4, 0.5) is 0 Å². The Labute approximate surface area is 71.3 Å². The third-order valence-corrected chi connectivity index (χ3v) is 1.45. The molecule has 0 bridgehead atoms. The Morgan fingerprint density at radius 1 is 1.64 bits per heavy atom. The van der Waals surface area contributed by atoms with E-state index >= 15 is 0 Å². The third kappa shape index (κ3) is 2.40. The highest BCUT2D eigenvalue weighted by molar-refractivity contribution is 7.78. The van der Waals surface area contributed by atoms with Crippen molar-refractivity contribution in [2.45, 2.75) is 6.54 Å². The Bertz CT molecular complexity index is 212. The molecule has 1 aromatic heterocycles. The van der Waals surface area contributed by atoms with Crippen molar-refractivity contribution in [3.05, 3.63) is 23.9 Å². The lowest BCUT2D eigenvalue weighted by molar-refractivity contribution is 0.397. The van der Waals surface area contributed by atoms with Gasteiger partial charge in [-0.15, -0.1) is 0 Å². The monoisotopic (exact) mass is 170 g/mol. The topological polar surface area (TPSA) is 34.1 Å². The van der Waals surface area contributed by atoms with Crippen LogP contribution in [0.15, 0.2) is 18.3 Å². The Kier molecular flexibility index (Phi) is 3.19. The van der Waals surface area contributed by atoms with Crippen LogP contribution in [-0.2, 0) is 6.54 Å². The van der Waals surface area contributed by atoms with Crippen LogP contribution in [-0.4, -0.2) is 12.1 Å². The van der Waals surface area contributed by atoms with Crippen molar-refractivity contribution in [1.29, 1.82) is 0 Å². The normalized spacial score (nSPS) is 9.64. The van der Waals surface area contributed by atoms with Gasteiger partial charge in [0, 0.05) is 18.8 Å². The van der Waals surface area contributed by atoms with Crippen LogP contribution >= 0.6 is 12.8 Å². The van der Waals surface area contributed by atoms with Gasteiger partial charge in [0.05, 0.1) is 7.11 Å². The maximum Gasteiger partial charge on any atom is 0.212 e. The second-order valence-corrected chi connectivity index (χ2v) is 2.36. The number of hydrogen-bond acceptors (Lipinski definition) is 4. The maximum atomic E-state index is 4.90. The quantitative estimate of drug-likeness (QED) is 0.665. The van der Waals surface area contributed by atoms with E-state index in [1.807, 2.05) is 12.1 Å². The number of ether oxygens (including phenoxy) is 1. The van der Waals surface area contributed by atoms with Gasteiger partial charge in [-0.3, -0.25) is 4.72 Å². The van der Waals surface area contributed by atoms with E-state index in [0.29, 0.717) is 12.4 Å². The molecule has 0 unspecified atom stereocenters. The van der Waals surface area contributed by atoms with Gasteiger partial charge in [-0.05, 0) is 5.56 Å². The molecule has 11 heavy (non-hydrogen) atoms. The van der Waals surface area contributed by atoms with Gasteiger partial charge < -0.3 is 4.74 Å². The molecule has 1 aromatic rings. The molecule has 0 aliphatic heterocycles. The highest BCUT2D eigenvalue weighted by Gasteiger charge is 1.92. The number of pyridine rings is 1. The SMILES string of the molecule is COc1ccc(CNS)cn1. The molecule has 0 aromatic carbocycles. The van der Waals surface area contributed by atoms with E-state index in [1.165, 1.54) is 0 Å². The van der Waals surface area contributed by atoms with Crippen LogP contribution in [0, 0.1) is 0 Å². The van der Waals surface area contributed by atoms with Crippen LogP contribution in [0.25, 0.3) is 0 Å². The molecular weight excluding hydrogens is 160 g/mol. The van der Waals surface area contributed by atoms with E-state index < -0.39 is 0 Å². The summed E-state index contributed by atoms with van der Waals surface area (Å²) in [5.41, 5.74) is 1.08. The summed E-state index contributed by atoms with van der Waals surface area (Å²) in [6.45, 7) is 0.708. The molecule has 0 spiro atoms. The molecule has 1 N–H and O–H groups in total. The van der Waals surface area contributed by atoms with Crippen molar-refractivity contribution < 1.29 is 4.74 Å². The molecule has 0 atom stereocenters. The smallest absolute Gasteiger partial charge is 0.212 e. The third-order valence-electron chi connectivity index (χ3n) is 1.29. The zero-order chi connectivity index (χ0) is 8.10. The molecule has 0 saturated heterocycles. The first-order chi connectivity index (χ1) is 5.36. The summed E-state index contributed by atoms with van der Waals surface area (Å²) < 4.78 is 7.63. The summed E-state index contributed by atoms with van der Waals surface area (Å²) in [6, 6.07) is 3.76. The van der Waals surface area contributed by atoms with E-state index in [-0.39, 0.29) is 0 Å². The first-order valence-corrected chi connectivity index (χ1v) is 3.67. The molecule has 0 amide bonds. The van der Waals surface area contributed by atoms with Gasteiger partial charge >= 0.3 is 0 Å². The standard InChI is InChI=1S/C7H10N2OS/c1-10-7-3-2-6(4-8-7)5-9-11/h2-4,9,11H,5H2,1H3. The fourth-order valence-electron chi connectivity index (χ4n) is 0.728. The van der Waals surface area contributed by atoms with Gasteiger partial charge in [0.15, 0.2) is 0 Å². The number of nitrogens with zero attached hydrogens (tertiary/aromatic N) is 1. The van der Waals surface area contributed by atoms with Crippen molar-refractivity contribution in [3.8, 4) is 5.88 Å². The van der Waals surface area contributed by atoms with Crippen molar-refractivity contribution in [3.63, 3.8) is 0 Å². The Hall–Kier alpha value is -0.740. The molecule has 1 heterocycles. The average Bonchev–Trinajstić information content (AvgIpc) is 2.07. The van der Waals surface area contributed by atoms with Crippen molar-refractivity contribution >= 4 is 12.8 Å². The molecule has 0 fully saturated rings. The number of nitrogens with one attached hydrogen (secondary N) is 1. The first-order valence-electron chi connectivity index (χ1n) is 3.22. The molecule has 60 valence electrons. The Morgan fingerprint density at radius 2 is 2.45 bits per heavy atom. The zero-order valence-electron chi connectivity index (χ0n) is 6.24. The number of aromatic nitrogens is 1. The molecule has 1 rings (SSSR count). The largest absolute Gasteiger partial charge is 0.481 e. The van der Waals surface area contributed by atoms with E-state index in [4.69, 9.17) is 4.74 Å². The highest BCUT2D eigenvalue weighted by Crippen LogP contribution is 2.05. The average molecular weight is 170 g/mol. The fraction of sp³-hybridized carbons (Fsp3) is 0.286. The summed E-state index contributed by atoms with van der Waals surface area (Å²) in [5.74, 6) is 0.632. The van der Waals surface area contributed by atoms with Crippen molar-refractivity contribution in [2.75, 3.05) is 7.11 Å². The molecule has 3 nitrogen and oxygen atoms in total. The van der Waals surface area contributed by atoms with Gasteiger partial charge in [-0.2, -0.15) is 0 Å². The van der Waals surface area contributed by atoms with Crippen LogP contribution in [0.1, 0.15) is 5.56 Å². The molecular formula is C7H10N2OS. The fourth-order valence-corrected chi connectivity index (χ4v) is 0.910. The van der Waals surface area contributed by atoms with Gasteiger partial charge in [0.2, 0.25) is 5.88 Å². The summed E-state index contributed by atoms with van der Waals surface area (Å²) in [6.07, 6.45) is 1.75. The van der Waals surface area contributed by atoms with Gasteiger partial charge in [-0.1, -0.05) is 18.9 Å². The van der Waals surface area contributed by atoms with E-state index in [2.05, 4.69) is 22.5 Å². The lowest BCUT2D eigenvalue weighted by atomic mass is 10.3. The van der Waals surface area contributed by atoms with Crippen LogP contribution in [0.3, 0.4) is 0 Å². The van der Waals surface area contributed by atoms with E-state index in [1.54, 1.807) is 13.3 Å². The second kappa shape index (κ2) is 4.20. The minimum Gasteiger partial charge on any atom is -0.481 e. The molecule has 0 saturated carbocycles. The maximum absolute atomic E-state index is 4.90. The van der Waals surface area contributed by atoms with Crippen LogP contribution in [0.2, 0.25) is 0 Å². The van der Waals surface area contributed by atoms with Gasteiger partial charge in [-0.25, -0.2) is 4.98 Å².